The van der Waals surface area contributed by atoms with Crippen LogP contribution in [0.3, 0.4) is 0 Å². The minimum atomic E-state index is -3.65. The number of nitrogens with zero attached hydrogens (tertiary/aromatic N) is 4. The van der Waals surface area contributed by atoms with Gasteiger partial charge in [-0.2, -0.15) is 4.31 Å². The van der Waals surface area contributed by atoms with Crippen molar-refractivity contribution >= 4 is 26.7 Å². The fourth-order valence-corrected chi connectivity index (χ4v) is 5.34. The molecule has 3 rings (SSSR count). The summed E-state index contributed by atoms with van der Waals surface area (Å²) in [6.45, 7) is 2.91. The molecule has 1 saturated heterocycles. The van der Waals surface area contributed by atoms with Crippen LogP contribution >= 0.6 is 0 Å². The molecule has 146 valence electrons. The molecule has 2 aromatic rings. The molecule has 1 atom stereocenters. The minimum absolute atomic E-state index is 0.00340. The van der Waals surface area contributed by atoms with E-state index in [-0.39, 0.29) is 11.9 Å². The van der Waals surface area contributed by atoms with E-state index < -0.39 is 10.0 Å². The molecular weight excluding hydrogens is 364 g/mol. The summed E-state index contributed by atoms with van der Waals surface area (Å²) in [6.07, 6.45) is 4.00. The lowest BCUT2D eigenvalue weighted by Gasteiger charge is -2.26. The molecule has 0 N–H and O–H groups in total. The normalized spacial score (nSPS) is 18.3. The summed E-state index contributed by atoms with van der Waals surface area (Å²) < 4.78 is 28.1. The van der Waals surface area contributed by atoms with Gasteiger partial charge < -0.3 is 9.80 Å². The number of aryl methyl sites for hydroxylation is 1. The molecule has 27 heavy (non-hydrogen) atoms. The quantitative estimate of drug-likeness (QED) is 0.770. The highest BCUT2D eigenvalue weighted by atomic mass is 32.2. The average Bonchev–Trinajstić information content (AvgIpc) is 3.11. The Labute approximate surface area is 160 Å². The first-order valence-electron chi connectivity index (χ1n) is 8.95. The standard InChI is InChI=1S/C19H26N4O3S/c1-14-10-20-11-15-6-5-7-17(19(14)15)27(25,26)23-9-8-16(12-23)22(4)18(24)13-21(2)3/h5-7,10-11,16H,8-9,12-13H2,1-4H3/t16-/m1/s1. The molecule has 1 aromatic carbocycles. The van der Waals surface area contributed by atoms with E-state index in [4.69, 9.17) is 0 Å². The van der Waals surface area contributed by atoms with Crippen LogP contribution in [-0.4, -0.2) is 80.2 Å². The highest BCUT2D eigenvalue weighted by Gasteiger charge is 2.36. The lowest BCUT2D eigenvalue weighted by Crippen LogP contribution is -2.43. The number of benzene rings is 1. The summed E-state index contributed by atoms with van der Waals surface area (Å²) in [4.78, 5) is 20.2. The van der Waals surface area contributed by atoms with Gasteiger partial charge in [0, 0.05) is 49.3 Å². The first kappa shape index (κ1) is 19.7. The third kappa shape index (κ3) is 3.83. The van der Waals surface area contributed by atoms with E-state index >= 15 is 0 Å². The molecule has 0 spiro atoms. The van der Waals surface area contributed by atoms with Crippen molar-refractivity contribution in [3.63, 3.8) is 0 Å². The molecule has 0 aliphatic carbocycles. The molecule has 1 aliphatic heterocycles. The van der Waals surface area contributed by atoms with Gasteiger partial charge in [0.05, 0.1) is 11.4 Å². The Morgan fingerprint density at radius 1 is 1.26 bits per heavy atom. The molecular formula is C19H26N4O3S. The van der Waals surface area contributed by atoms with E-state index in [9.17, 15) is 13.2 Å². The Morgan fingerprint density at radius 2 is 2.00 bits per heavy atom. The number of carbonyl (C=O) groups excluding carboxylic acids is 1. The van der Waals surface area contributed by atoms with Gasteiger partial charge in [0.25, 0.3) is 0 Å². The molecule has 1 aromatic heterocycles. The van der Waals surface area contributed by atoms with Crippen molar-refractivity contribution < 1.29 is 13.2 Å². The zero-order valence-corrected chi connectivity index (χ0v) is 17.0. The predicted molar refractivity (Wildman–Crippen MR) is 105 cm³/mol. The molecule has 1 amide bonds. The van der Waals surface area contributed by atoms with Crippen LogP contribution in [0.5, 0.6) is 0 Å². The molecule has 0 unspecified atom stereocenters. The average molecular weight is 391 g/mol. The zero-order chi connectivity index (χ0) is 19.8. The summed E-state index contributed by atoms with van der Waals surface area (Å²) in [5.74, 6) is -0.00340. The van der Waals surface area contributed by atoms with Crippen LogP contribution in [0.25, 0.3) is 10.8 Å². The van der Waals surface area contributed by atoms with E-state index in [1.807, 2.05) is 32.0 Å². The first-order chi connectivity index (χ1) is 12.7. The summed E-state index contributed by atoms with van der Waals surface area (Å²) in [5.41, 5.74) is 0.834. The van der Waals surface area contributed by atoms with E-state index in [1.165, 1.54) is 4.31 Å². The molecule has 8 heteroatoms. The Morgan fingerprint density at radius 3 is 2.70 bits per heavy atom. The summed E-state index contributed by atoms with van der Waals surface area (Å²) >= 11 is 0. The molecule has 2 heterocycles. The number of fused-ring (bicyclic) bond motifs is 1. The molecule has 0 saturated carbocycles. The van der Waals surface area contributed by atoms with Gasteiger partial charge in [-0.25, -0.2) is 8.42 Å². The smallest absolute Gasteiger partial charge is 0.243 e. The summed E-state index contributed by atoms with van der Waals surface area (Å²) in [5, 5.41) is 1.53. The predicted octanol–water partition coefficient (Wildman–Crippen LogP) is 1.33. The van der Waals surface area contributed by atoms with Gasteiger partial charge in [0.1, 0.15) is 0 Å². The number of amides is 1. The minimum Gasteiger partial charge on any atom is -0.340 e. The van der Waals surface area contributed by atoms with Gasteiger partial charge >= 0.3 is 0 Å². The fraction of sp³-hybridized carbons (Fsp3) is 0.474. The summed E-state index contributed by atoms with van der Waals surface area (Å²) in [7, 11) is 1.79. The highest BCUT2D eigenvalue weighted by molar-refractivity contribution is 7.89. The maximum absolute atomic E-state index is 13.3. The van der Waals surface area contributed by atoms with E-state index in [1.54, 1.807) is 36.5 Å². The van der Waals surface area contributed by atoms with E-state index in [0.29, 0.717) is 36.3 Å². The van der Waals surface area contributed by atoms with Crippen molar-refractivity contribution in [3.8, 4) is 0 Å². The van der Waals surface area contributed by atoms with Gasteiger partial charge in [-0.1, -0.05) is 12.1 Å². The SMILES string of the molecule is Cc1cncc2cccc(S(=O)(=O)N3CC[C@@H](N(C)C(=O)CN(C)C)C3)c12. The van der Waals surface area contributed by atoms with Crippen molar-refractivity contribution in [2.24, 2.45) is 0 Å². The van der Waals surface area contributed by atoms with Crippen LogP contribution in [0.1, 0.15) is 12.0 Å². The number of sulfonamides is 1. The number of aromatic nitrogens is 1. The Balaban J connectivity index is 1.87. The van der Waals surface area contributed by atoms with Crippen LogP contribution in [0.2, 0.25) is 0 Å². The second-order valence-corrected chi connectivity index (χ2v) is 9.26. The van der Waals surface area contributed by atoms with Crippen molar-refractivity contribution in [2.45, 2.75) is 24.3 Å². The van der Waals surface area contributed by atoms with Crippen LogP contribution in [-0.2, 0) is 14.8 Å². The van der Waals surface area contributed by atoms with Gasteiger partial charge in [-0.3, -0.25) is 9.78 Å². The van der Waals surface area contributed by atoms with Crippen molar-refractivity contribution in [2.75, 3.05) is 40.8 Å². The van der Waals surface area contributed by atoms with Crippen molar-refractivity contribution in [1.82, 2.24) is 19.1 Å². The van der Waals surface area contributed by atoms with Gasteiger partial charge in [0.2, 0.25) is 15.9 Å². The third-order valence-corrected chi connectivity index (χ3v) is 6.98. The van der Waals surface area contributed by atoms with E-state index in [2.05, 4.69) is 4.98 Å². The second-order valence-electron chi connectivity index (χ2n) is 7.36. The van der Waals surface area contributed by atoms with Gasteiger partial charge in [-0.05, 0) is 39.1 Å². The van der Waals surface area contributed by atoms with Gasteiger partial charge in [-0.15, -0.1) is 0 Å². The van der Waals surface area contributed by atoms with E-state index in [0.717, 1.165) is 10.9 Å². The third-order valence-electron chi connectivity index (χ3n) is 5.07. The number of hydrogen-bond donors (Lipinski definition) is 0. The molecule has 0 radical (unpaired) electrons. The van der Waals surface area contributed by atoms with Crippen molar-refractivity contribution in [3.05, 3.63) is 36.2 Å². The number of rotatable bonds is 5. The lowest BCUT2D eigenvalue weighted by atomic mass is 10.1. The lowest BCUT2D eigenvalue weighted by molar-refractivity contribution is -0.132. The van der Waals surface area contributed by atoms with Crippen LogP contribution in [0.4, 0.5) is 0 Å². The Bertz CT molecular complexity index is 953. The summed E-state index contributed by atoms with van der Waals surface area (Å²) in [6, 6.07) is 5.16. The molecule has 1 fully saturated rings. The zero-order valence-electron chi connectivity index (χ0n) is 16.2. The molecule has 0 bridgehead atoms. The number of likely N-dealkylation sites (N-methyl/N-ethyl adjacent to an activating group) is 2. The number of carbonyl (C=O) groups is 1. The number of hydrogen-bond acceptors (Lipinski definition) is 5. The number of pyridine rings is 1. The highest BCUT2D eigenvalue weighted by Crippen LogP contribution is 2.30. The van der Waals surface area contributed by atoms with Crippen LogP contribution in [0.15, 0.2) is 35.5 Å². The van der Waals surface area contributed by atoms with Crippen molar-refractivity contribution in [1.29, 1.82) is 0 Å². The maximum atomic E-state index is 13.3. The molecule has 1 aliphatic rings. The van der Waals surface area contributed by atoms with Crippen LogP contribution < -0.4 is 0 Å². The molecule has 7 nitrogen and oxygen atoms in total. The first-order valence-corrected chi connectivity index (χ1v) is 10.4. The fourth-order valence-electron chi connectivity index (χ4n) is 3.56. The largest absolute Gasteiger partial charge is 0.340 e. The Hall–Kier alpha value is -2.03. The monoisotopic (exact) mass is 390 g/mol. The Kier molecular flexibility index (Phi) is 5.50. The van der Waals surface area contributed by atoms with Gasteiger partial charge in [0.15, 0.2) is 0 Å². The second kappa shape index (κ2) is 7.53. The van der Waals surface area contributed by atoms with Crippen LogP contribution in [0, 0.1) is 6.92 Å². The maximum Gasteiger partial charge on any atom is 0.243 e. The topological polar surface area (TPSA) is 73.8 Å².